The van der Waals surface area contributed by atoms with Gasteiger partial charge >= 0.3 is 0 Å². The van der Waals surface area contributed by atoms with Crippen molar-refractivity contribution in [2.45, 2.75) is 66.0 Å². The van der Waals surface area contributed by atoms with E-state index in [1.807, 2.05) is 0 Å². The zero-order valence-corrected chi connectivity index (χ0v) is 14.0. The maximum absolute atomic E-state index is 5.07. The van der Waals surface area contributed by atoms with Crippen LogP contribution in [0.1, 0.15) is 53.9 Å². The lowest BCUT2D eigenvalue weighted by Crippen LogP contribution is -2.47. The number of rotatable bonds is 12. The van der Waals surface area contributed by atoms with Gasteiger partial charge in [0.15, 0.2) is 0 Å². The quantitative estimate of drug-likeness (QED) is 0.552. The molecule has 0 spiro atoms. The monoisotopic (exact) mass is 272 g/mol. The lowest BCUT2D eigenvalue weighted by Gasteiger charge is -2.37. The molecule has 0 aromatic heterocycles. The predicted molar refractivity (Wildman–Crippen MR) is 84.7 cm³/mol. The molecule has 0 amide bonds. The molecule has 0 rings (SSSR count). The summed E-state index contributed by atoms with van der Waals surface area (Å²) in [5.74, 6) is 0.733. The number of nitrogens with zero attached hydrogens (tertiary/aromatic N) is 1. The molecular weight excluding hydrogens is 236 g/mol. The Morgan fingerprint density at radius 1 is 1.11 bits per heavy atom. The average molecular weight is 272 g/mol. The zero-order valence-electron chi connectivity index (χ0n) is 14.0. The van der Waals surface area contributed by atoms with Crippen LogP contribution in [0, 0.1) is 5.92 Å². The molecule has 0 aliphatic heterocycles. The van der Waals surface area contributed by atoms with Crippen molar-refractivity contribution in [2.75, 3.05) is 33.4 Å². The first-order valence-corrected chi connectivity index (χ1v) is 8.02. The van der Waals surface area contributed by atoms with Gasteiger partial charge in [-0.3, -0.25) is 4.90 Å². The summed E-state index contributed by atoms with van der Waals surface area (Å²) < 4.78 is 5.07. The lowest BCUT2D eigenvalue weighted by atomic mass is 10.0. The van der Waals surface area contributed by atoms with Crippen LogP contribution in [-0.4, -0.2) is 50.3 Å². The van der Waals surface area contributed by atoms with Crippen molar-refractivity contribution in [3.05, 3.63) is 0 Å². The van der Waals surface area contributed by atoms with Crippen molar-refractivity contribution < 1.29 is 4.74 Å². The molecule has 0 aliphatic carbocycles. The van der Waals surface area contributed by atoms with Gasteiger partial charge < -0.3 is 10.1 Å². The maximum atomic E-state index is 5.07. The fourth-order valence-corrected chi connectivity index (χ4v) is 2.64. The Morgan fingerprint density at radius 2 is 1.74 bits per heavy atom. The van der Waals surface area contributed by atoms with Crippen LogP contribution >= 0.6 is 0 Å². The Bertz CT molecular complexity index is 193. The van der Waals surface area contributed by atoms with E-state index >= 15 is 0 Å². The molecule has 19 heavy (non-hydrogen) atoms. The van der Waals surface area contributed by atoms with Crippen molar-refractivity contribution in [1.29, 1.82) is 0 Å². The number of hydrogen-bond acceptors (Lipinski definition) is 3. The lowest BCUT2D eigenvalue weighted by molar-refractivity contribution is 0.116. The number of methoxy groups -OCH3 is 1. The molecule has 3 nitrogen and oxygen atoms in total. The van der Waals surface area contributed by atoms with E-state index in [2.05, 4.69) is 44.8 Å². The third-order valence-corrected chi connectivity index (χ3v) is 3.70. The molecule has 3 heteroatoms. The third-order valence-electron chi connectivity index (χ3n) is 3.70. The van der Waals surface area contributed by atoms with Gasteiger partial charge in [0, 0.05) is 38.9 Å². The molecule has 0 aromatic rings. The fraction of sp³-hybridized carbons (Fsp3) is 1.00. The summed E-state index contributed by atoms with van der Waals surface area (Å²) in [6, 6.07) is 1.33. The molecule has 0 saturated carbocycles. The van der Waals surface area contributed by atoms with Gasteiger partial charge in [-0.1, -0.05) is 27.7 Å². The Labute approximate surface area is 121 Å². The molecule has 0 bridgehead atoms. The van der Waals surface area contributed by atoms with Gasteiger partial charge in [-0.2, -0.15) is 0 Å². The standard InChI is InChI=1S/C16H36N2O/c1-7-16(8-2)18(13-14(3)4)15(5)12-17-10-9-11-19-6/h14-17H,7-13H2,1-6H3. The summed E-state index contributed by atoms with van der Waals surface area (Å²) in [6.07, 6.45) is 3.59. The number of hydrogen-bond donors (Lipinski definition) is 1. The zero-order chi connectivity index (χ0) is 14.7. The first-order chi connectivity index (χ1) is 9.06. The van der Waals surface area contributed by atoms with Crippen LogP contribution in [0.5, 0.6) is 0 Å². The Kier molecular flexibility index (Phi) is 11.6. The maximum Gasteiger partial charge on any atom is 0.0474 e. The minimum atomic E-state index is 0.606. The second kappa shape index (κ2) is 11.7. The van der Waals surface area contributed by atoms with Gasteiger partial charge in [-0.25, -0.2) is 0 Å². The Balaban J connectivity index is 4.17. The average Bonchev–Trinajstić information content (AvgIpc) is 2.38. The molecule has 0 fully saturated rings. The first kappa shape index (κ1) is 18.9. The summed E-state index contributed by atoms with van der Waals surface area (Å²) in [4.78, 5) is 2.69. The van der Waals surface area contributed by atoms with Gasteiger partial charge in [0.2, 0.25) is 0 Å². The van der Waals surface area contributed by atoms with Crippen molar-refractivity contribution in [2.24, 2.45) is 5.92 Å². The van der Waals surface area contributed by atoms with Gasteiger partial charge in [-0.05, 0) is 38.6 Å². The first-order valence-electron chi connectivity index (χ1n) is 8.02. The molecule has 0 aromatic carbocycles. The highest BCUT2D eigenvalue weighted by molar-refractivity contribution is 4.77. The van der Waals surface area contributed by atoms with Crippen LogP contribution in [0.3, 0.4) is 0 Å². The summed E-state index contributed by atoms with van der Waals surface area (Å²) in [5, 5.41) is 3.56. The van der Waals surface area contributed by atoms with Crippen LogP contribution in [0.2, 0.25) is 0 Å². The van der Waals surface area contributed by atoms with Crippen molar-refractivity contribution in [1.82, 2.24) is 10.2 Å². The Morgan fingerprint density at radius 3 is 2.21 bits per heavy atom. The highest BCUT2D eigenvalue weighted by Gasteiger charge is 2.21. The Hall–Kier alpha value is -0.120. The van der Waals surface area contributed by atoms with Crippen molar-refractivity contribution in [3.8, 4) is 0 Å². The molecular formula is C16H36N2O. The van der Waals surface area contributed by atoms with Crippen molar-refractivity contribution in [3.63, 3.8) is 0 Å². The SMILES string of the molecule is CCC(CC)N(CC(C)C)C(C)CNCCCOC. The predicted octanol–water partition coefficient (Wildman–Crippen LogP) is 3.15. The van der Waals surface area contributed by atoms with E-state index in [9.17, 15) is 0 Å². The van der Waals surface area contributed by atoms with Gasteiger partial charge in [0.1, 0.15) is 0 Å². The van der Waals surface area contributed by atoms with E-state index in [0.717, 1.165) is 38.1 Å². The van der Waals surface area contributed by atoms with Crippen molar-refractivity contribution >= 4 is 0 Å². The molecule has 0 radical (unpaired) electrons. The fourth-order valence-electron chi connectivity index (χ4n) is 2.64. The minimum Gasteiger partial charge on any atom is -0.385 e. The molecule has 116 valence electrons. The van der Waals surface area contributed by atoms with Crippen LogP contribution in [0.15, 0.2) is 0 Å². The van der Waals surface area contributed by atoms with E-state index in [-0.39, 0.29) is 0 Å². The summed E-state index contributed by atoms with van der Waals surface area (Å²) >= 11 is 0. The molecule has 0 heterocycles. The molecule has 1 unspecified atom stereocenters. The smallest absolute Gasteiger partial charge is 0.0474 e. The van der Waals surface area contributed by atoms with E-state index in [1.165, 1.54) is 19.4 Å². The highest BCUT2D eigenvalue weighted by Crippen LogP contribution is 2.14. The molecule has 0 saturated heterocycles. The van der Waals surface area contributed by atoms with Crippen LogP contribution < -0.4 is 5.32 Å². The van der Waals surface area contributed by atoms with Gasteiger partial charge in [0.05, 0.1) is 0 Å². The normalized spacial score (nSPS) is 13.7. The van der Waals surface area contributed by atoms with Gasteiger partial charge in [-0.15, -0.1) is 0 Å². The summed E-state index contributed by atoms with van der Waals surface area (Å²) in [6.45, 7) is 15.8. The second-order valence-corrected chi connectivity index (χ2v) is 5.96. The van der Waals surface area contributed by atoms with Gasteiger partial charge in [0.25, 0.3) is 0 Å². The highest BCUT2D eigenvalue weighted by atomic mass is 16.5. The minimum absolute atomic E-state index is 0.606. The summed E-state index contributed by atoms with van der Waals surface area (Å²) in [7, 11) is 1.76. The topological polar surface area (TPSA) is 24.5 Å². The second-order valence-electron chi connectivity index (χ2n) is 5.96. The number of ether oxygens (including phenoxy) is 1. The van der Waals surface area contributed by atoms with Crippen LogP contribution in [0.25, 0.3) is 0 Å². The van der Waals surface area contributed by atoms with Crippen LogP contribution in [0.4, 0.5) is 0 Å². The van der Waals surface area contributed by atoms with E-state index in [0.29, 0.717) is 6.04 Å². The van der Waals surface area contributed by atoms with Crippen LogP contribution in [-0.2, 0) is 4.74 Å². The summed E-state index contributed by atoms with van der Waals surface area (Å²) in [5.41, 5.74) is 0. The third kappa shape index (κ3) is 8.61. The largest absolute Gasteiger partial charge is 0.385 e. The number of nitrogens with one attached hydrogen (secondary N) is 1. The van der Waals surface area contributed by atoms with E-state index < -0.39 is 0 Å². The van der Waals surface area contributed by atoms with E-state index in [4.69, 9.17) is 4.74 Å². The molecule has 1 atom stereocenters. The molecule has 0 aliphatic rings. The van der Waals surface area contributed by atoms with E-state index in [1.54, 1.807) is 7.11 Å². The molecule has 1 N–H and O–H groups in total.